The van der Waals surface area contributed by atoms with Crippen LogP contribution in [0.15, 0.2) is 60.7 Å². The van der Waals surface area contributed by atoms with E-state index in [9.17, 15) is 4.79 Å². The summed E-state index contributed by atoms with van der Waals surface area (Å²) in [6, 6.07) is 20.8. The van der Waals surface area contributed by atoms with E-state index in [-0.39, 0.29) is 5.91 Å². The average Bonchev–Trinajstić information content (AvgIpc) is 2.81. The third-order valence-corrected chi connectivity index (χ3v) is 4.35. The van der Waals surface area contributed by atoms with Gasteiger partial charge in [-0.15, -0.1) is 0 Å². The number of carbonyl (C=O) groups is 1. The van der Waals surface area contributed by atoms with Gasteiger partial charge in [0.1, 0.15) is 0 Å². The summed E-state index contributed by atoms with van der Waals surface area (Å²) >= 11 is 0. The molecule has 0 aromatic heterocycles. The number of anilines is 1. The molecule has 3 nitrogen and oxygen atoms in total. The fourth-order valence-corrected chi connectivity index (χ4v) is 3.06. The molecule has 2 aromatic rings. The van der Waals surface area contributed by atoms with Gasteiger partial charge in [0.2, 0.25) is 5.91 Å². The molecule has 120 valence electrons. The Balaban J connectivity index is 1.78. The number of rotatable bonds is 5. The molecular formula is C20H24N2O. The lowest BCUT2D eigenvalue weighted by Gasteiger charge is -2.31. The molecule has 3 heteroatoms. The Kier molecular flexibility index (Phi) is 5.30. The van der Waals surface area contributed by atoms with E-state index in [1.165, 1.54) is 5.56 Å². The molecule has 23 heavy (non-hydrogen) atoms. The van der Waals surface area contributed by atoms with Gasteiger partial charge in [-0.2, -0.15) is 0 Å². The van der Waals surface area contributed by atoms with Crippen LogP contribution in [0.1, 0.15) is 31.2 Å². The maximum atomic E-state index is 12.3. The Morgan fingerprint density at radius 3 is 2.30 bits per heavy atom. The van der Waals surface area contributed by atoms with Crippen LogP contribution in [0.5, 0.6) is 0 Å². The summed E-state index contributed by atoms with van der Waals surface area (Å²) in [5, 5.41) is 0. The van der Waals surface area contributed by atoms with Gasteiger partial charge < -0.3 is 9.80 Å². The molecule has 0 N–H and O–H groups in total. The van der Waals surface area contributed by atoms with Crippen LogP contribution in [0.3, 0.4) is 0 Å². The van der Waals surface area contributed by atoms with Crippen molar-refractivity contribution in [1.82, 2.24) is 4.90 Å². The Morgan fingerprint density at radius 1 is 0.870 bits per heavy atom. The van der Waals surface area contributed by atoms with E-state index in [4.69, 9.17) is 0 Å². The molecule has 0 atom stereocenters. The Morgan fingerprint density at radius 2 is 1.57 bits per heavy atom. The van der Waals surface area contributed by atoms with E-state index < -0.39 is 0 Å². The van der Waals surface area contributed by atoms with Crippen LogP contribution in [0.2, 0.25) is 0 Å². The highest BCUT2D eigenvalue weighted by Gasteiger charge is 2.19. The minimum Gasteiger partial charge on any atom is -0.349 e. The van der Waals surface area contributed by atoms with E-state index in [1.54, 1.807) is 0 Å². The first kappa shape index (κ1) is 15.6. The van der Waals surface area contributed by atoms with Crippen molar-refractivity contribution in [2.24, 2.45) is 0 Å². The average molecular weight is 308 g/mol. The highest BCUT2D eigenvalue weighted by atomic mass is 16.2. The third kappa shape index (κ3) is 4.35. The number of nitrogens with zero attached hydrogens (tertiary/aromatic N) is 2. The second-order valence-corrected chi connectivity index (χ2v) is 6.13. The Labute approximate surface area is 138 Å². The molecule has 3 rings (SSSR count). The molecule has 0 saturated carbocycles. The van der Waals surface area contributed by atoms with Crippen LogP contribution >= 0.6 is 0 Å². The summed E-state index contributed by atoms with van der Waals surface area (Å²) in [7, 11) is 0. The zero-order valence-electron chi connectivity index (χ0n) is 13.5. The molecule has 0 bridgehead atoms. The normalized spacial score (nSPS) is 15.3. The fourth-order valence-electron chi connectivity index (χ4n) is 3.06. The minimum atomic E-state index is 0.288. The molecule has 1 aliphatic heterocycles. The summed E-state index contributed by atoms with van der Waals surface area (Å²) in [6.45, 7) is 2.35. The zero-order chi connectivity index (χ0) is 15.9. The molecule has 0 spiro atoms. The van der Waals surface area contributed by atoms with Crippen molar-refractivity contribution >= 4 is 11.6 Å². The van der Waals surface area contributed by atoms with E-state index in [2.05, 4.69) is 53.4 Å². The summed E-state index contributed by atoms with van der Waals surface area (Å²) in [5.41, 5.74) is 2.42. The van der Waals surface area contributed by atoms with Gasteiger partial charge >= 0.3 is 0 Å². The van der Waals surface area contributed by atoms with Crippen molar-refractivity contribution < 1.29 is 4.79 Å². The second kappa shape index (κ2) is 7.82. The lowest BCUT2D eigenvalue weighted by molar-refractivity contribution is -0.130. The number of benzene rings is 2. The summed E-state index contributed by atoms with van der Waals surface area (Å²) in [5.74, 6) is 0.288. The van der Waals surface area contributed by atoms with Crippen molar-refractivity contribution in [1.29, 1.82) is 0 Å². The number of para-hydroxylation sites is 1. The smallest absolute Gasteiger partial charge is 0.223 e. The van der Waals surface area contributed by atoms with Crippen LogP contribution in [-0.2, 0) is 11.3 Å². The Hall–Kier alpha value is -2.29. The van der Waals surface area contributed by atoms with E-state index in [1.807, 2.05) is 17.0 Å². The first-order chi connectivity index (χ1) is 11.3. The van der Waals surface area contributed by atoms with Crippen LogP contribution < -0.4 is 4.90 Å². The van der Waals surface area contributed by atoms with Gasteiger partial charge in [-0.05, 0) is 30.5 Å². The SMILES string of the molecule is O=C1CCCCCN1CN(Cc1ccccc1)c1ccccc1. The number of hydrogen-bond donors (Lipinski definition) is 0. The van der Waals surface area contributed by atoms with Gasteiger partial charge in [-0.25, -0.2) is 0 Å². The number of carbonyl (C=O) groups excluding carboxylic acids is 1. The molecule has 1 amide bonds. The first-order valence-corrected chi connectivity index (χ1v) is 8.44. The highest BCUT2D eigenvalue weighted by molar-refractivity contribution is 5.76. The quantitative estimate of drug-likeness (QED) is 0.832. The van der Waals surface area contributed by atoms with Crippen molar-refractivity contribution in [3.63, 3.8) is 0 Å². The van der Waals surface area contributed by atoms with Crippen LogP contribution in [0, 0.1) is 0 Å². The van der Waals surface area contributed by atoms with Gasteiger partial charge in [-0.3, -0.25) is 4.79 Å². The monoisotopic (exact) mass is 308 g/mol. The van der Waals surface area contributed by atoms with Crippen molar-refractivity contribution in [2.75, 3.05) is 18.1 Å². The maximum Gasteiger partial charge on any atom is 0.223 e. The molecule has 0 unspecified atom stereocenters. The summed E-state index contributed by atoms with van der Waals surface area (Å²) in [6.07, 6.45) is 3.99. The Bertz CT molecular complexity index is 612. The predicted octanol–water partition coefficient (Wildman–Crippen LogP) is 4.05. The van der Waals surface area contributed by atoms with E-state index in [0.717, 1.165) is 38.0 Å². The van der Waals surface area contributed by atoms with Gasteiger partial charge in [0.05, 0.1) is 6.67 Å². The molecule has 1 saturated heterocycles. The molecule has 0 radical (unpaired) electrons. The molecule has 0 aliphatic carbocycles. The van der Waals surface area contributed by atoms with Crippen molar-refractivity contribution in [3.05, 3.63) is 66.2 Å². The highest BCUT2D eigenvalue weighted by Crippen LogP contribution is 2.19. The number of amides is 1. The van der Waals surface area contributed by atoms with Crippen LogP contribution in [-0.4, -0.2) is 24.0 Å². The van der Waals surface area contributed by atoms with Gasteiger partial charge in [0, 0.05) is 25.2 Å². The molecular weight excluding hydrogens is 284 g/mol. The standard InChI is InChI=1S/C20H24N2O/c23-20-14-8-3-9-15-21(20)17-22(19-12-6-2-7-13-19)16-18-10-4-1-5-11-18/h1-2,4-7,10-13H,3,8-9,14-17H2. The molecule has 1 heterocycles. The minimum absolute atomic E-state index is 0.288. The largest absolute Gasteiger partial charge is 0.349 e. The number of likely N-dealkylation sites (tertiary alicyclic amines) is 1. The first-order valence-electron chi connectivity index (χ1n) is 8.44. The molecule has 2 aromatic carbocycles. The predicted molar refractivity (Wildman–Crippen MR) is 94.1 cm³/mol. The maximum absolute atomic E-state index is 12.3. The van der Waals surface area contributed by atoms with Gasteiger partial charge in [-0.1, -0.05) is 55.0 Å². The van der Waals surface area contributed by atoms with Crippen LogP contribution in [0.4, 0.5) is 5.69 Å². The zero-order valence-corrected chi connectivity index (χ0v) is 13.5. The number of hydrogen-bond acceptors (Lipinski definition) is 2. The molecule has 1 aliphatic rings. The fraction of sp³-hybridized carbons (Fsp3) is 0.350. The van der Waals surface area contributed by atoms with E-state index in [0.29, 0.717) is 13.1 Å². The van der Waals surface area contributed by atoms with Crippen LogP contribution in [0.25, 0.3) is 0 Å². The summed E-state index contributed by atoms with van der Waals surface area (Å²) in [4.78, 5) is 16.6. The lowest BCUT2D eigenvalue weighted by atomic mass is 10.2. The summed E-state index contributed by atoms with van der Waals surface area (Å²) < 4.78 is 0. The lowest BCUT2D eigenvalue weighted by Crippen LogP contribution is -2.41. The third-order valence-electron chi connectivity index (χ3n) is 4.35. The van der Waals surface area contributed by atoms with Crippen molar-refractivity contribution in [3.8, 4) is 0 Å². The topological polar surface area (TPSA) is 23.6 Å². The second-order valence-electron chi connectivity index (χ2n) is 6.13. The molecule has 1 fully saturated rings. The van der Waals surface area contributed by atoms with E-state index >= 15 is 0 Å². The van der Waals surface area contributed by atoms with Gasteiger partial charge in [0.15, 0.2) is 0 Å². The van der Waals surface area contributed by atoms with Crippen molar-refractivity contribution in [2.45, 2.75) is 32.2 Å². The van der Waals surface area contributed by atoms with Gasteiger partial charge in [0.25, 0.3) is 0 Å².